The maximum atomic E-state index is 12.8. The summed E-state index contributed by atoms with van der Waals surface area (Å²) in [5, 5.41) is 5.77. The third-order valence-electron chi connectivity index (χ3n) is 5.73. The van der Waals surface area contributed by atoms with Crippen molar-refractivity contribution in [1.29, 1.82) is 0 Å². The highest BCUT2D eigenvalue weighted by atomic mass is 16.2. The largest absolute Gasteiger partial charge is 0.352 e. The zero-order valence-corrected chi connectivity index (χ0v) is 15.9. The van der Waals surface area contributed by atoms with E-state index in [0.29, 0.717) is 18.8 Å². The summed E-state index contributed by atoms with van der Waals surface area (Å²) in [5.41, 5.74) is -0.768. The molecule has 1 unspecified atom stereocenters. The fourth-order valence-electron chi connectivity index (χ4n) is 3.97. The van der Waals surface area contributed by atoms with E-state index in [-0.39, 0.29) is 24.4 Å². The van der Waals surface area contributed by atoms with Crippen molar-refractivity contribution in [2.24, 2.45) is 5.92 Å². The van der Waals surface area contributed by atoms with Gasteiger partial charge in [-0.15, -0.1) is 0 Å². The number of urea groups is 1. The van der Waals surface area contributed by atoms with Crippen LogP contribution >= 0.6 is 0 Å². The van der Waals surface area contributed by atoms with Gasteiger partial charge in [0.15, 0.2) is 0 Å². The summed E-state index contributed by atoms with van der Waals surface area (Å²) in [6.07, 6.45) is 8.67. The minimum Gasteiger partial charge on any atom is -0.352 e. The summed E-state index contributed by atoms with van der Waals surface area (Å²) in [6.45, 7) is 6.09. The lowest BCUT2D eigenvalue weighted by Gasteiger charge is -2.34. The first-order valence-corrected chi connectivity index (χ1v) is 9.85. The van der Waals surface area contributed by atoms with Crippen LogP contribution in [0.3, 0.4) is 0 Å². The van der Waals surface area contributed by atoms with Gasteiger partial charge in [0.2, 0.25) is 5.91 Å². The van der Waals surface area contributed by atoms with Crippen molar-refractivity contribution in [1.82, 2.24) is 15.5 Å². The highest BCUT2D eigenvalue weighted by Gasteiger charge is 2.52. The van der Waals surface area contributed by atoms with E-state index < -0.39 is 11.6 Å². The number of nitrogens with one attached hydrogen (secondary N) is 2. The van der Waals surface area contributed by atoms with Crippen molar-refractivity contribution in [2.75, 3.05) is 6.54 Å². The smallest absolute Gasteiger partial charge is 0.325 e. The van der Waals surface area contributed by atoms with E-state index in [4.69, 9.17) is 0 Å². The Morgan fingerprint density at radius 3 is 2.56 bits per heavy atom. The van der Waals surface area contributed by atoms with Gasteiger partial charge in [-0.3, -0.25) is 14.5 Å². The Kier molecular flexibility index (Phi) is 6.85. The van der Waals surface area contributed by atoms with Crippen molar-refractivity contribution in [3.05, 3.63) is 0 Å². The van der Waals surface area contributed by atoms with Gasteiger partial charge in [0.05, 0.1) is 0 Å². The SMILES string of the molecule is CCCCCC(C)NC(=O)CN1C(=O)NC2(CCC(CC)CC2)C1=O. The van der Waals surface area contributed by atoms with Gasteiger partial charge >= 0.3 is 6.03 Å². The number of unbranched alkanes of at least 4 members (excludes halogenated alkanes) is 2. The first-order chi connectivity index (χ1) is 11.9. The zero-order valence-electron chi connectivity index (χ0n) is 15.9. The van der Waals surface area contributed by atoms with Gasteiger partial charge in [-0.2, -0.15) is 0 Å². The van der Waals surface area contributed by atoms with Crippen LogP contribution in [0.2, 0.25) is 0 Å². The molecule has 6 heteroatoms. The number of imide groups is 1. The topological polar surface area (TPSA) is 78.5 Å². The van der Waals surface area contributed by atoms with E-state index in [0.717, 1.165) is 49.8 Å². The van der Waals surface area contributed by atoms with E-state index in [1.807, 2.05) is 6.92 Å². The van der Waals surface area contributed by atoms with Gasteiger partial charge in [0, 0.05) is 6.04 Å². The Labute approximate surface area is 151 Å². The molecular weight excluding hydrogens is 318 g/mol. The van der Waals surface area contributed by atoms with Crippen molar-refractivity contribution in [3.8, 4) is 0 Å². The second kappa shape index (κ2) is 8.68. The molecule has 4 amide bonds. The van der Waals surface area contributed by atoms with E-state index in [1.54, 1.807) is 0 Å². The Morgan fingerprint density at radius 2 is 1.96 bits per heavy atom. The molecule has 1 aliphatic heterocycles. The molecule has 0 aromatic carbocycles. The van der Waals surface area contributed by atoms with Crippen LogP contribution in [0.5, 0.6) is 0 Å². The number of hydrogen-bond acceptors (Lipinski definition) is 3. The number of carbonyl (C=O) groups excluding carboxylic acids is 3. The molecule has 2 fully saturated rings. The molecule has 6 nitrogen and oxygen atoms in total. The fourth-order valence-corrected chi connectivity index (χ4v) is 3.97. The van der Waals surface area contributed by atoms with Gasteiger partial charge in [0.25, 0.3) is 5.91 Å². The van der Waals surface area contributed by atoms with Gasteiger partial charge in [-0.1, -0.05) is 39.5 Å². The molecule has 1 saturated carbocycles. The highest BCUT2D eigenvalue weighted by Crippen LogP contribution is 2.37. The average molecular weight is 351 g/mol. The third-order valence-corrected chi connectivity index (χ3v) is 5.73. The summed E-state index contributed by atoms with van der Waals surface area (Å²) < 4.78 is 0. The van der Waals surface area contributed by atoms with E-state index in [9.17, 15) is 14.4 Å². The number of hydrogen-bond donors (Lipinski definition) is 2. The van der Waals surface area contributed by atoms with Gasteiger partial charge in [0.1, 0.15) is 12.1 Å². The number of amides is 4. The lowest BCUT2D eigenvalue weighted by Crippen LogP contribution is -2.50. The number of nitrogens with zero attached hydrogens (tertiary/aromatic N) is 1. The summed E-state index contributed by atoms with van der Waals surface area (Å²) in [5.74, 6) is 0.157. The van der Waals surface area contributed by atoms with Crippen molar-refractivity contribution < 1.29 is 14.4 Å². The molecule has 1 spiro atoms. The molecule has 2 aliphatic rings. The molecule has 1 atom stereocenters. The predicted molar refractivity (Wildman–Crippen MR) is 97.0 cm³/mol. The van der Waals surface area contributed by atoms with Crippen LogP contribution in [-0.4, -0.2) is 40.9 Å². The van der Waals surface area contributed by atoms with Crippen molar-refractivity contribution >= 4 is 17.8 Å². The average Bonchev–Trinajstić information content (AvgIpc) is 2.80. The van der Waals surface area contributed by atoms with Gasteiger partial charge in [-0.05, 0) is 44.9 Å². The zero-order chi connectivity index (χ0) is 18.4. The molecule has 25 heavy (non-hydrogen) atoms. The van der Waals surface area contributed by atoms with Crippen molar-refractivity contribution in [2.45, 2.75) is 90.1 Å². The quantitative estimate of drug-likeness (QED) is 0.521. The Hall–Kier alpha value is -1.59. The minimum absolute atomic E-state index is 0.0637. The van der Waals surface area contributed by atoms with E-state index in [2.05, 4.69) is 24.5 Å². The van der Waals surface area contributed by atoms with Gasteiger partial charge < -0.3 is 10.6 Å². The van der Waals surface area contributed by atoms with Crippen LogP contribution < -0.4 is 10.6 Å². The Balaban J connectivity index is 1.87. The molecule has 0 radical (unpaired) electrons. The maximum absolute atomic E-state index is 12.8. The van der Waals surface area contributed by atoms with Crippen LogP contribution in [0.25, 0.3) is 0 Å². The molecule has 0 aromatic heterocycles. The molecule has 1 heterocycles. The third kappa shape index (κ3) is 4.73. The lowest BCUT2D eigenvalue weighted by molar-refractivity contribution is -0.136. The van der Waals surface area contributed by atoms with E-state index in [1.165, 1.54) is 0 Å². The number of rotatable bonds is 8. The number of carbonyl (C=O) groups is 3. The predicted octanol–water partition coefficient (Wildman–Crippen LogP) is 2.96. The highest BCUT2D eigenvalue weighted by molar-refractivity contribution is 6.09. The summed E-state index contributed by atoms with van der Waals surface area (Å²) in [4.78, 5) is 38.4. The second-order valence-electron chi connectivity index (χ2n) is 7.72. The summed E-state index contributed by atoms with van der Waals surface area (Å²) in [7, 11) is 0. The molecule has 1 aliphatic carbocycles. The molecule has 2 N–H and O–H groups in total. The first kappa shape index (κ1) is 19.7. The Bertz CT molecular complexity index is 498. The summed E-state index contributed by atoms with van der Waals surface area (Å²) >= 11 is 0. The fraction of sp³-hybridized carbons (Fsp3) is 0.842. The van der Waals surface area contributed by atoms with Crippen molar-refractivity contribution in [3.63, 3.8) is 0 Å². The summed E-state index contributed by atoms with van der Waals surface area (Å²) in [6, 6.07) is -0.359. The monoisotopic (exact) mass is 351 g/mol. The van der Waals surface area contributed by atoms with Crippen LogP contribution in [-0.2, 0) is 9.59 Å². The minimum atomic E-state index is -0.768. The maximum Gasteiger partial charge on any atom is 0.325 e. The van der Waals surface area contributed by atoms with E-state index >= 15 is 0 Å². The standard InChI is InChI=1S/C19H33N3O3/c1-4-6-7-8-14(3)20-16(23)13-22-17(24)19(21-18(22)25)11-9-15(5-2)10-12-19/h14-15H,4-13H2,1-3H3,(H,20,23)(H,21,25). The first-order valence-electron chi connectivity index (χ1n) is 9.85. The molecule has 0 bridgehead atoms. The van der Waals surface area contributed by atoms with Crippen LogP contribution in [0.4, 0.5) is 4.79 Å². The van der Waals surface area contributed by atoms with Gasteiger partial charge in [-0.25, -0.2) is 4.79 Å². The molecule has 142 valence electrons. The molecular formula is C19H33N3O3. The molecule has 1 saturated heterocycles. The Morgan fingerprint density at radius 1 is 1.28 bits per heavy atom. The van der Waals surface area contributed by atoms with Crippen LogP contribution in [0.15, 0.2) is 0 Å². The normalized spacial score (nSPS) is 27.5. The lowest BCUT2D eigenvalue weighted by atomic mass is 9.75. The second-order valence-corrected chi connectivity index (χ2v) is 7.72. The van der Waals surface area contributed by atoms with Crippen LogP contribution in [0.1, 0.15) is 78.6 Å². The molecule has 2 rings (SSSR count). The van der Waals surface area contributed by atoms with Crippen LogP contribution in [0, 0.1) is 5.92 Å². The molecule has 0 aromatic rings.